The summed E-state index contributed by atoms with van der Waals surface area (Å²) in [4.78, 5) is 15.7. The molecule has 2 aliphatic heterocycles. The lowest BCUT2D eigenvalue weighted by molar-refractivity contribution is 0.0224. The Kier molecular flexibility index (Phi) is 6.43. The monoisotopic (exact) mass is 552 g/mol. The Morgan fingerprint density at radius 1 is 0.714 bits per heavy atom. The van der Waals surface area contributed by atoms with E-state index in [0.717, 1.165) is 52.4 Å². The van der Waals surface area contributed by atoms with Crippen molar-refractivity contribution in [2.45, 2.75) is 25.9 Å². The van der Waals surface area contributed by atoms with E-state index in [9.17, 15) is 4.79 Å². The lowest BCUT2D eigenvalue weighted by Crippen LogP contribution is -2.33. The number of benzene rings is 5. The molecule has 1 unspecified atom stereocenters. The molecule has 0 radical (unpaired) electrons. The van der Waals surface area contributed by atoms with Gasteiger partial charge in [0.1, 0.15) is 11.5 Å². The molecule has 2 heterocycles. The molecular weight excluding hydrogens is 520 g/mol. The molecule has 0 fully saturated rings. The van der Waals surface area contributed by atoms with Crippen molar-refractivity contribution in [1.82, 2.24) is 0 Å². The fourth-order valence-corrected chi connectivity index (χ4v) is 6.29. The van der Waals surface area contributed by atoms with E-state index < -0.39 is 5.60 Å². The largest absolute Gasteiger partial charge is 0.456 e. The molecule has 0 bridgehead atoms. The van der Waals surface area contributed by atoms with E-state index in [1.807, 2.05) is 60.7 Å². The van der Waals surface area contributed by atoms with Crippen LogP contribution < -0.4 is 15.0 Å². The van der Waals surface area contributed by atoms with Gasteiger partial charge in [0.05, 0.1) is 5.56 Å². The molecule has 1 atom stereocenters. The second-order valence-electron chi connectivity index (χ2n) is 10.7. The van der Waals surface area contributed by atoms with Crippen LogP contribution in [-0.2, 0) is 16.8 Å². The molecule has 1 spiro atoms. The van der Waals surface area contributed by atoms with Gasteiger partial charge in [-0.15, -0.1) is 0 Å². The summed E-state index contributed by atoms with van der Waals surface area (Å²) in [7, 11) is 0. The van der Waals surface area contributed by atoms with E-state index in [4.69, 9.17) is 9.47 Å². The minimum Gasteiger partial charge on any atom is -0.456 e. The zero-order valence-electron chi connectivity index (χ0n) is 23.8. The summed E-state index contributed by atoms with van der Waals surface area (Å²) in [5, 5.41) is 3.64. The average Bonchev–Trinajstić information content (AvgIpc) is 3.32. The molecule has 1 N–H and O–H groups in total. The van der Waals surface area contributed by atoms with Gasteiger partial charge in [-0.25, -0.2) is 4.79 Å². The predicted octanol–water partition coefficient (Wildman–Crippen LogP) is 8.44. The normalized spacial score (nSPS) is 16.2. The highest BCUT2D eigenvalue weighted by Crippen LogP contribution is 2.57. The molecule has 0 saturated carbocycles. The van der Waals surface area contributed by atoms with Crippen LogP contribution in [-0.4, -0.2) is 19.1 Å². The smallest absolute Gasteiger partial charge is 0.340 e. The van der Waals surface area contributed by atoms with Crippen LogP contribution in [0.4, 0.5) is 17.1 Å². The van der Waals surface area contributed by atoms with Crippen LogP contribution >= 0.6 is 0 Å². The molecule has 5 aromatic rings. The molecule has 2 aliphatic rings. The number of para-hydroxylation sites is 1. The first-order valence-corrected chi connectivity index (χ1v) is 14.5. The van der Waals surface area contributed by atoms with E-state index in [1.54, 1.807) is 0 Å². The number of esters is 1. The maximum absolute atomic E-state index is 13.4. The van der Waals surface area contributed by atoms with Crippen LogP contribution in [0.25, 0.3) is 0 Å². The minimum absolute atomic E-state index is 0.330. The molecule has 42 heavy (non-hydrogen) atoms. The number of carbonyl (C=O) groups excluding carboxylic acids is 1. The molecule has 0 aromatic heterocycles. The molecule has 5 aromatic carbocycles. The molecule has 0 amide bonds. The highest BCUT2D eigenvalue weighted by molar-refractivity contribution is 5.97. The van der Waals surface area contributed by atoms with Crippen LogP contribution in [0, 0.1) is 0 Å². The second kappa shape index (κ2) is 10.4. The van der Waals surface area contributed by atoms with Gasteiger partial charge in [0, 0.05) is 52.9 Å². The Hall–Kier alpha value is -5.03. The minimum atomic E-state index is -1.13. The van der Waals surface area contributed by atoms with Crippen LogP contribution in [0.3, 0.4) is 0 Å². The van der Waals surface area contributed by atoms with Crippen molar-refractivity contribution in [2.24, 2.45) is 0 Å². The van der Waals surface area contributed by atoms with Gasteiger partial charge < -0.3 is 19.7 Å². The van der Waals surface area contributed by atoms with Crippen molar-refractivity contribution in [3.8, 4) is 11.5 Å². The van der Waals surface area contributed by atoms with Crippen LogP contribution in [0.2, 0.25) is 0 Å². The number of carbonyl (C=O) groups is 1. The summed E-state index contributed by atoms with van der Waals surface area (Å²) in [6.45, 7) is 6.05. The lowest BCUT2D eigenvalue weighted by Gasteiger charge is -2.38. The quantitative estimate of drug-likeness (QED) is 0.205. The van der Waals surface area contributed by atoms with Crippen LogP contribution in [0.15, 0.2) is 115 Å². The van der Waals surface area contributed by atoms with Crippen molar-refractivity contribution >= 4 is 23.0 Å². The first-order valence-electron chi connectivity index (χ1n) is 14.5. The van der Waals surface area contributed by atoms with Crippen molar-refractivity contribution in [1.29, 1.82) is 0 Å². The molecule has 7 rings (SSSR count). The van der Waals surface area contributed by atoms with Gasteiger partial charge in [0.15, 0.2) is 5.60 Å². The van der Waals surface area contributed by atoms with Crippen LogP contribution in [0.1, 0.15) is 52.0 Å². The number of hydrogen-bond acceptors (Lipinski definition) is 5. The van der Waals surface area contributed by atoms with Gasteiger partial charge in [0.2, 0.25) is 0 Å². The van der Waals surface area contributed by atoms with Crippen LogP contribution in [0.5, 0.6) is 11.5 Å². The van der Waals surface area contributed by atoms with Crippen molar-refractivity contribution < 1.29 is 14.3 Å². The Balaban J connectivity index is 1.46. The van der Waals surface area contributed by atoms with Crippen molar-refractivity contribution in [3.05, 3.63) is 149 Å². The van der Waals surface area contributed by atoms with Gasteiger partial charge in [-0.2, -0.15) is 0 Å². The highest BCUT2D eigenvalue weighted by atomic mass is 16.6. The summed E-state index contributed by atoms with van der Waals surface area (Å²) in [6.07, 6.45) is 0.711. The van der Waals surface area contributed by atoms with E-state index in [1.165, 1.54) is 5.56 Å². The molecule has 208 valence electrons. The average molecular weight is 553 g/mol. The standard InChI is InChI=1S/C37H32N2O3/c1-3-39(4-2)28-19-20-31-35(23-28)41-34-22-26(21-25-13-7-5-8-14-25)33(38-27-15-9-6-10-16-27)24-32(34)37(31)30-18-12-11-17-29(30)36(40)42-37/h5-20,22-24,38H,3-4,21H2,1-2H3. The Labute approximate surface area is 246 Å². The second-order valence-corrected chi connectivity index (χ2v) is 10.7. The maximum atomic E-state index is 13.4. The number of rotatable bonds is 7. The van der Waals surface area contributed by atoms with E-state index in [-0.39, 0.29) is 5.97 Å². The molecule has 5 nitrogen and oxygen atoms in total. The van der Waals surface area contributed by atoms with Gasteiger partial charge >= 0.3 is 5.97 Å². The zero-order valence-corrected chi connectivity index (χ0v) is 23.8. The third-order valence-electron chi connectivity index (χ3n) is 8.34. The predicted molar refractivity (Wildman–Crippen MR) is 167 cm³/mol. The summed E-state index contributed by atoms with van der Waals surface area (Å²) in [5.41, 5.74) is 7.18. The third-order valence-corrected chi connectivity index (χ3v) is 8.34. The van der Waals surface area contributed by atoms with Gasteiger partial charge in [-0.1, -0.05) is 66.7 Å². The van der Waals surface area contributed by atoms with Gasteiger partial charge in [0.25, 0.3) is 0 Å². The number of nitrogens with one attached hydrogen (secondary N) is 1. The summed E-state index contributed by atoms with van der Waals surface area (Å²) < 4.78 is 13.2. The number of nitrogens with zero attached hydrogens (tertiary/aromatic N) is 1. The fourth-order valence-electron chi connectivity index (χ4n) is 6.29. The number of hydrogen-bond donors (Lipinski definition) is 1. The summed E-state index contributed by atoms with van der Waals surface area (Å²) in [6, 6.07) is 38.7. The van der Waals surface area contributed by atoms with Crippen molar-refractivity contribution in [2.75, 3.05) is 23.3 Å². The topological polar surface area (TPSA) is 50.8 Å². The summed E-state index contributed by atoms with van der Waals surface area (Å²) >= 11 is 0. The molecule has 5 heteroatoms. The Bertz CT molecular complexity index is 1780. The fraction of sp³-hybridized carbons (Fsp3) is 0.162. The van der Waals surface area contributed by atoms with Gasteiger partial charge in [-0.05, 0) is 73.9 Å². The number of fused-ring (bicyclic) bond motifs is 6. The van der Waals surface area contributed by atoms with E-state index in [0.29, 0.717) is 23.5 Å². The molecule has 0 saturated heterocycles. The molecule has 0 aliphatic carbocycles. The van der Waals surface area contributed by atoms with Crippen molar-refractivity contribution in [3.63, 3.8) is 0 Å². The Morgan fingerprint density at radius 2 is 1.40 bits per heavy atom. The zero-order chi connectivity index (χ0) is 28.7. The number of anilines is 3. The van der Waals surface area contributed by atoms with Gasteiger partial charge in [-0.3, -0.25) is 0 Å². The number of ether oxygens (including phenoxy) is 2. The Morgan fingerprint density at radius 3 is 2.17 bits per heavy atom. The maximum Gasteiger partial charge on any atom is 0.340 e. The summed E-state index contributed by atoms with van der Waals surface area (Å²) in [5.74, 6) is 1.06. The first kappa shape index (κ1) is 25.9. The third kappa shape index (κ3) is 4.20. The lowest BCUT2D eigenvalue weighted by atomic mass is 9.77. The van der Waals surface area contributed by atoms with E-state index in [2.05, 4.69) is 78.7 Å². The van der Waals surface area contributed by atoms with E-state index >= 15 is 0 Å². The SMILES string of the molecule is CCN(CC)c1ccc2c(c1)Oc1cc(Cc3ccccc3)c(Nc3ccccc3)cc1C21OC(=O)c2ccccc21. The first-order chi connectivity index (χ1) is 20.6. The molecular formula is C37H32N2O3. The highest BCUT2D eigenvalue weighted by Gasteiger charge is 2.53.